The monoisotopic (exact) mass is 250 g/mol. The molecule has 1 N–H and O–H groups in total. The number of carboxylic acids is 1. The molecule has 2 aromatic rings. The minimum Gasteiger partial charge on any atom is -0.478 e. The van der Waals surface area contributed by atoms with Gasteiger partial charge in [0.25, 0.3) is 0 Å². The highest BCUT2D eigenvalue weighted by atomic mass is 35.5. The number of rotatable bonds is 3. The van der Waals surface area contributed by atoms with Crippen LogP contribution in [0.2, 0.25) is 5.02 Å². The predicted molar refractivity (Wildman–Crippen MR) is 60.5 cm³/mol. The Labute approximate surface area is 102 Å². The van der Waals surface area contributed by atoms with Crippen molar-refractivity contribution in [3.63, 3.8) is 0 Å². The Morgan fingerprint density at radius 2 is 2.18 bits per heavy atom. The molecular formula is C11H7ClN2O3. The second-order valence-electron chi connectivity index (χ2n) is 3.13. The molecule has 0 fully saturated rings. The van der Waals surface area contributed by atoms with Gasteiger partial charge in [-0.15, -0.1) is 0 Å². The van der Waals surface area contributed by atoms with E-state index in [0.717, 1.165) is 0 Å². The molecule has 0 aliphatic rings. The summed E-state index contributed by atoms with van der Waals surface area (Å²) in [5.41, 5.74) is 0.102. The van der Waals surface area contributed by atoms with Crippen molar-refractivity contribution in [1.82, 2.24) is 9.97 Å². The van der Waals surface area contributed by atoms with Crippen molar-refractivity contribution in [3.8, 4) is 11.6 Å². The molecule has 0 aromatic carbocycles. The Balaban J connectivity index is 2.24. The maximum atomic E-state index is 10.7. The van der Waals surface area contributed by atoms with E-state index in [9.17, 15) is 4.79 Å². The first-order valence-electron chi connectivity index (χ1n) is 4.63. The van der Waals surface area contributed by atoms with Gasteiger partial charge in [0.05, 0.1) is 16.8 Å². The molecule has 17 heavy (non-hydrogen) atoms. The Bertz CT molecular complexity index is 560. The molecule has 0 spiro atoms. The summed E-state index contributed by atoms with van der Waals surface area (Å²) in [5.74, 6) is -0.469. The molecule has 0 saturated heterocycles. The van der Waals surface area contributed by atoms with Gasteiger partial charge in [-0.3, -0.25) is 4.98 Å². The van der Waals surface area contributed by atoms with E-state index in [0.29, 0.717) is 10.8 Å². The van der Waals surface area contributed by atoms with E-state index in [4.69, 9.17) is 21.4 Å². The van der Waals surface area contributed by atoms with Crippen LogP contribution in [0.4, 0.5) is 0 Å². The first-order valence-corrected chi connectivity index (χ1v) is 5.01. The van der Waals surface area contributed by atoms with Crippen molar-refractivity contribution in [1.29, 1.82) is 0 Å². The van der Waals surface area contributed by atoms with E-state index in [2.05, 4.69) is 9.97 Å². The number of aromatic carboxylic acids is 1. The zero-order valence-corrected chi connectivity index (χ0v) is 9.26. The highest BCUT2D eigenvalue weighted by Crippen LogP contribution is 2.21. The van der Waals surface area contributed by atoms with Crippen LogP contribution in [-0.4, -0.2) is 21.0 Å². The first-order chi connectivity index (χ1) is 8.15. The average Bonchev–Trinajstić information content (AvgIpc) is 2.29. The minimum atomic E-state index is -1.04. The van der Waals surface area contributed by atoms with Crippen LogP contribution in [-0.2, 0) is 0 Å². The van der Waals surface area contributed by atoms with Crippen molar-refractivity contribution in [2.75, 3.05) is 0 Å². The van der Waals surface area contributed by atoms with Gasteiger partial charge < -0.3 is 9.84 Å². The van der Waals surface area contributed by atoms with E-state index in [-0.39, 0.29) is 11.4 Å². The van der Waals surface area contributed by atoms with Gasteiger partial charge in [0.2, 0.25) is 5.88 Å². The molecule has 5 nitrogen and oxygen atoms in total. The summed E-state index contributed by atoms with van der Waals surface area (Å²) in [7, 11) is 0. The van der Waals surface area contributed by atoms with E-state index < -0.39 is 5.97 Å². The number of carboxylic acid groups (broad SMARTS) is 1. The van der Waals surface area contributed by atoms with Crippen molar-refractivity contribution in [3.05, 3.63) is 47.4 Å². The summed E-state index contributed by atoms with van der Waals surface area (Å²) in [5, 5.41) is 9.23. The smallest absolute Gasteiger partial charge is 0.335 e. The Morgan fingerprint density at radius 3 is 2.88 bits per heavy atom. The largest absolute Gasteiger partial charge is 0.478 e. The molecule has 2 rings (SSSR count). The second kappa shape index (κ2) is 4.80. The van der Waals surface area contributed by atoms with Gasteiger partial charge in [-0.05, 0) is 6.07 Å². The number of hydrogen-bond acceptors (Lipinski definition) is 4. The normalized spacial score (nSPS) is 9.94. The average molecular weight is 251 g/mol. The number of hydrogen-bond donors (Lipinski definition) is 1. The topological polar surface area (TPSA) is 72.3 Å². The number of nitrogens with zero attached hydrogens (tertiary/aromatic N) is 2. The fourth-order valence-electron chi connectivity index (χ4n) is 1.17. The van der Waals surface area contributed by atoms with Crippen LogP contribution in [0.15, 0.2) is 36.8 Å². The van der Waals surface area contributed by atoms with E-state index in [1.54, 1.807) is 6.07 Å². The zero-order valence-electron chi connectivity index (χ0n) is 8.50. The van der Waals surface area contributed by atoms with E-state index in [1.165, 1.54) is 30.7 Å². The molecule has 2 aromatic heterocycles. The molecule has 0 atom stereocenters. The molecule has 2 heterocycles. The summed E-state index contributed by atoms with van der Waals surface area (Å²) in [6.07, 6.45) is 4.28. The van der Waals surface area contributed by atoms with Gasteiger partial charge in [-0.1, -0.05) is 11.6 Å². The Morgan fingerprint density at radius 1 is 1.35 bits per heavy atom. The lowest BCUT2D eigenvalue weighted by atomic mass is 10.3. The summed E-state index contributed by atoms with van der Waals surface area (Å²) >= 11 is 5.74. The SMILES string of the molecule is O=C(O)c1ccnc(Oc2cncc(Cl)c2)c1. The maximum Gasteiger partial charge on any atom is 0.335 e. The van der Waals surface area contributed by atoms with Crippen LogP contribution in [0.1, 0.15) is 10.4 Å². The highest BCUT2D eigenvalue weighted by molar-refractivity contribution is 6.30. The molecule has 0 bridgehead atoms. The van der Waals surface area contributed by atoms with Gasteiger partial charge in [0.15, 0.2) is 0 Å². The molecular weight excluding hydrogens is 244 g/mol. The Hall–Kier alpha value is -2.14. The van der Waals surface area contributed by atoms with Gasteiger partial charge in [-0.2, -0.15) is 0 Å². The third-order valence-electron chi connectivity index (χ3n) is 1.88. The summed E-state index contributed by atoms with van der Waals surface area (Å²) in [6, 6.07) is 4.26. The van der Waals surface area contributed by atoms with Crippen molar-refractivity contribution in [2.24, 2.45) is 0 Å². The van der Waals surface area contributed by atoms with Crippen LogP contribution < -0.4 is 4.74 Å². The second-order valence-corrected chi connectivity index (χ2v) is 3.57. The molecule has 0 amide bonds. The van der Waals surface area contributed by atoms with E-state index >= 15 is 0 Å². The number of aromatic nitrogens is 2. The lowest BCUT2D eigenvalue weighted by molar-refractivity contribution is 0.0696. The molecule has 0 radical (unpaired) electrons. The minimum absolute atomic E-state index is 0.102. The lowest BCUT2D eigenvalue weighted by Gasteiger charge is -2.04. The molecule has 0 aliphatic heterocycles. The van der Waals surface area contributed by atoms with Crippen LogP contribution in [0.3, 0.4) is 0 Å². The molecule has 0 unspecified atom stereocenters. The summed E-state index contributed by atoms with van der Waals surface area (Å²) in [4.78, 5) is 18.5. The van der Waals surface area contributed by atoms with Gasteiger partial charge in [0.1, 0.15) is 5.75 Å². The fourth-order valence-corrected chi connectivity index (χ4v) is 1.33. The highest BCUT2D eigenvalue weighted by Gasteiger charge is 2.06. The van der Waals surface area contributed by atoms with Crippen LogP contribution in [0.5, 0.6) is 11.6 Å². The number of halogens is 1. The molecule has 0 aliphatic carbocycles. The quantitative estimate of drug-likeness (QED) is 0.907. The van der Waals surface area contributed by atoms with Gasteiger partial charge >= 0.3 is 5.97 Å². The predicted octanol–water partition coefficient (Wildman–Crippen LogP) is 2.62. The Kier molecular flexibility index (Phi) is 3.20. The number of ether oxygens (including phenoxy) is 1. The number of pyridine rings is 2. The fraction of sp³-hybridized carbons (Fsp3) is 0. The van der Waals surface area contributed by atoms with Crippen molar-refractivity contribution in [2.45, 2.75) is 0 Å². The van der Waals surface area contributed by atoms with Gasteiger partial charge in [-0.25, -0.2) is 9.78 Å². The summed E-state index contributed by atoms with van der Waals surface area (Å²) in [6.45, 7) is 0. The zero-order chi connectivity index (χ0) is 12.3. The third kappa shape index (κ3) is 2.92. The standard InChI is InChI=1S/C11H7ClN2O3/c12-8-4-9(6-13-5-8)17-10-3-7(11(15)16)1-2-14-10/h1-6H,(H,15,16). The molecule has 6 heteroatoms. The van der Waals surface area contributed by atoms with Crippen LogP contribution in [0, 0.1) is 0 Å². The molecule has 0 saturated carbocycles. The van der Waals surface area contributed by atoms with Gasteiger partial charge in [0, 0.05) is 24.5 Å². The van der Waals surface area contributed by atoms with Crippen LogP contribution >= 0.6 is 11.6 Å². The maximum absolute atomic E-state index is 10.7. The molecule has 86 valence electrons. The van der Waals surface area contributed by atoms with Crippen LogP contribution in [0.25, 0.3) is 0 Å². The lowest BCUT2D eigenvalue weighted by Crippen LogP contribution is -1.97. The van der Waals surface area contributed by atoms with E-state index in [1.807, 2.05) is 0 Å². The summed E-state index contributed by atoms with van der Waals surface area (Å²) < 4.78 is 5.33. The third-order valence-corrected chi connectivity index (χ3v) is 2.09. The number of carbonyl (C=O) groups is 1. The van der Waals surface area contributed by atoms with Crippen molar-refractivity contribution < 1.29 is 14.6 Å². The van der Waals surface area contributed by atoms with Crippen molar-refractivity contribution >= 4 is 17.6 Å². The first kappa shape index (κ1) is 11.3.